The van der Waals surface area contributed by atoms with Gasteiger partial charge in [-0.25, -0.2) is 9.59 Å². The molecular weight excluding hydrogens is 506 g/mol. The number of unbranched alkanes of at least 4 members (excludes halogenated alkanes) is 2. The average molecular weight is 544 g/mol. The molecule has 0 saturated heterocycles. The lowest BCUT2D eigenvalue weighted by atomic mass is 10.0. The standard InChI is InChI=1S/C28H37N3O8/c1-3-4-8-13-30-27(36)22(31-28(37)21(29-2)14-19-9-6-5-7-10-19)15-20-11-12-23(38-17-25(32)33)24(16-20)39-18-26(34)35/h5-7,9-12,16,21-22,29H,3-4,8,13-15,17-18H2,1-2H3,(H,30,36)(H,31,37)(H,32,33)(H,34,35). The molecule has 39 heavy (non-hydrogen) atoms. The molecule has 0 aliphatic heterocycles. The highest BCUT2D eigenvalue weighted by Crippen LogP contribution is 2.29. The maximum Gasteiger partial charge on any atom is 0.341 e. The Morgan fingerprint density at radius 2 is 1.44 bits per heavy atom. The monoisotopic (exact) mass is 543 g/mol. The van der Waals surface area contributed by atoms with Gasteiger partial charge in [-0.2, -0.15) is 0 Å². The van der Waals surface area contributed by atoms with Crippen molar-refractivity contribution in [3.63, 3.8) is 0 Å². The second-order valence-corrected chi connectivity index (χ2v) is 8.94. The van der Waals surface area contributed by atoms with E-state index in [0.717, 1.165) is 24.8 Å². The summed E-state index contributed by atoms with van der Waals surface area (Å²) in [4.78, 5) is 48.2. The van der Waals surface area contributed by atoms with Gasteiger partial charge >= 0.3 is 11.9 Å². The smallest absolute Gasteiger partial charge is 0.341 e. The topological polar surface area (TPSA) is 163 Å². The predicted molar refractivity (Wildman–Crippen MR) is 144 cm³/mol. The van der Waals surface area contributed by atoms with E-state index in [9.17, 15) is 19.2 Å². The molecule has 0 saturated carbocycles. The van der Waals surface area contributed by atoms with Crippen molar-refractivity contribution in [3.8, 4) is 11.5 Å². The Kier molecular flexibility index (Phi) is 13.3. The van der Waals surface area contributed by atoms with E-state index >= 15 is 0 Å². The third-order valence-corrected chi connectivity index (χ3v) is 5.81. The number of nitrogens with one attached hydrogen (secondary N) is 3. The highest BCUT2D eigenvalue weighted by Gasteiger charge is 2.26. The number of carbonyl (C=O) groups is 4. The van der Waals surface area contributed by atoms with Crippen LogP contribution in [0.5, 0.6) is 11.5 Å². The number of amides is 2. The lowest BCUT2D eigenvalue weighted by molar-refractivity contribution is -0.140. The fourth-order valence-corrected chi connectivity index (χ4v) is 3.79. The van der Waals surface area contributed by atoms with E-state index < -0.39 is 37.2 Å². The normalized spacial score (nSPS) is 12.2. The summed E-state index contributed by atoms with van der Waals surface area (Å²) in [7, 11) is 1.68. The third kappa shape index (κ3) is 11.4. The maximum atomic E-state index is 13.2. The molecule has 2 atom stereocenters. The first-order valence-electron chi connectivity index (χ1n) is 12.8. The van der Waals surface area contributed by atoms with E-state index in [2.05, 4.69) is 22.9 Å². The van der Waals surface area contributed by atoms with Gasteiger partial charge in [0.1, 0.15) is 6.04 Å². The van der Waals surface area contributed by atoms with Crippen molar-refractivity contribution in [3.05, 3.63) is 59.7 Å². The van der Waals surface area contributed by atoms with E-state index in [4.69, 9.17) is 19.7 Å². The minimum atomic E-state index is -1.22. The Hall–Kier alpha value is -4.12. The van der Waals surface area contributed by atoms with Gasteiger partial charge in [0.2, 0.25) is 11.8 Å². The van der Waals surface area contributed by atoms with Crippen LogP contribution in [0.25, 0.3) is 0 Å². The van der Waals surface area contributed by atoms with Gasteiger partial charge in [-0.1, -0.05) is 56.2 Å². The Balaban J connectivity index is 2.24. The van der Waals surface area contributed by atoms with Crippen molar-refractivity contribution in [2.45, 2.75) is 51.1 Å². The van der Waals surface area contributed by atoms with Gasteiger partial charge in [-0.05, 0) is 43.1 Å². The molecule has 0 radical (unpaired) electrons. The molecule has 0 heterocycles. The van der Waals surface area contributed by atoms with Gasteiger partial charge in [0.05, 0.1) is 6.04 Å². The number of benzene rings is 2. The SMILES string of the molecule is CCCCCNC(=O)C(Cc1ccc(OCC(=O)O)c(OCC(=O)O)c1)NC(=O)C(Cc1ccccc1)NC. The fraction of sp³-hybridized carbons (Fsp3) is 0.429. The molecule has 0 aromatic heterocycles. The molecule has 0 spiro atoms. The number of rotatable bonds is 18. The van der Waals surface area contributed by atoms with Crippen molar-refractivity contribution < 1.29 is 38.9 Å². The molecule has 0 aliphatic carbocycles. The molecule has 2 rings (SSSR count). The van der Waals surface area contributed by atoms with Crippen molar-refractivity contribution in [1.29, 1.82) is 0 Å². The van der Waals surface area contributed by atoms with Crippen molar-refractivity contribution >= 4 is 23.8 Å². The van der Waals surface area contributed by atoms with Crippen LogP contribution in [0.15, 0.2) is 48.5 Å². The lowest BCUT2D eigenvalue weighted by Gasteiger charge is -2.23. The summed E-state index contributed by atoms with van der Waals surface area (Å²) in [5.74, 6) is -3.07. The number of hydrogen-bond acceptors (Lipinski definition) is 7. The first kappa shape index (κ1) is 31.1. The first-order chi connectivity index (χ1) is 18.7. The minimum Gasteiger partial charge on any atom is -0.479 e. The first-order valence-corrected chi connectivity index (χ1v) is 12.8. The largest absolute Gasteiger partial charge is 0.479 e. The van der Waals surface area contributed by atoms with E-state index in [1.165, 1.54) is 12.1 Å². The number of likely N-dealkylation sites (N-methyl/N-ethyl adjacent to an activating group) is 1. The van der Waals surface area contributed by atoms with Crippen LogP contribution in [-0.2, 0) is 32.0 Å². The van der Waals surface area contributed by atoms with Crippen LogP contribution in [0.1, 0.15) is 37.3 Å². The second-order valence-electron chi connectivity index (χ2n) is 8.94. The molecule has 2 aromatic carbocycles. The number of aliphatic carboxylic acids is 2. The van der Waals surface area contributed by atoms with Gasteiger partial charge in [0.25, 0.3) is 0 Å². The van der Waals surface area contributed by atoms with Gasteiger partial charge in [-0.3, -0.25) is 9.59 Å². The van der Waals surface area contributed by atoms with E-state index in [1.807, 2.05) is 30.3 Å². The van der Waals surface area contributed by atoms with E-state index in [1.54, 1.807) is 13.1 Å². The van der Waals surface area contributed by atoms with Gasteiger partial charge < -0.3 is 35.6 Å². The second kappa shape index (κ2) is 16.7. The zero-order valence-corrected chi connectivity index (χ0v) is 22.3. The molecule has 0 bridgehead atoms. The molecule has 5 N–H and O–H groups in total. The quantitative estimate of drug-likeness (QED) is 0.176. The molecule has 11 nitrogen and oxygen atoms in total. The number of carbonyl (C=O) groups excluding carboxylic acids is 2. The Labute approximate surface area is 227 Å². The molecule has 0 fully saturated rings. The molecule has 2 amide bonds. The Bertz CT molecular complexity index is 1090. The van der Waals surface area contributed by atoms with Crippen LogP contribution in [0.4, 0.5) is 0 Å². The van der Waals surface area contributed by atoms with Gasteiger partial charge in [0, 0.05) is 13.0 Å². The summed E-state index contributed by atoms with van der Waals surface area (Å²) >= 11 is 0. The molecular formula is C28H37N3O8. The van der Waals surface area contributed by atoms with Crippen LogP contribution >= 0.6 is 0 Å². The minimum absolute atomic E-state index is 0.0155. The highest BCUT2D eigenvalue weighted by atomic mass is 16.5. The van der Waals surface area contributed by atoms with E-state index in [0.29, 0.717) is 18.5 Å². The number of hydrogen-bond donors (Lipinski definition) is 5. The fourth-order valence-electron chi connectivity index (χ4n) is 3.79. The number of carboxylic acid groups (broad SMARTS) is 2. The van der Waals surface area contributed by atoms with Gasteiger partial charge in [-0.15, -0.1) is 0 Å². The molecule has 212 valence electrons. The highest BCUT2D eigenvalue weighted by molar-refractivity contribution is 5.90. The summed E-state index contributed by atoms with van der Waals surface area (Å²) < 4.78 is 10.5. The van der Waals surface area contributed by atoms with E-state index in [-0.39, 0.29) is 29.7 Å². The average Bonchev–Trinajstić information content (AvgIpc) is 2.92. The van der Waals surface area contributed by atoms with Crippen LogP contribution in [0.3, 0.4) is 0 Å². The molecule has 0 aliphatic rings. The van der Waals surface area contributed by atoms with Crippen LogP contribution in [0, 0.1) is 0 Å². The predicted octanol–water partition coefficient (Wildman–Crippen LogP) is 1.78. The summed E-state index contributed by atoms with van der Waals surface area (Å²) in [6.07, 6.45) is 3.26. The summed E-state index contributed by atoms with van der Waals surface area (Å²) in [6, 6.07) is 12.5. The number of ether oxygens (including phenoxy) is 2. The molecule has 2 aromatic rings. The van der Waals surface area contributed by atoms with Gasteiger partial charge in [0.15, 0.2) is 24.7 Å². The van der Waals surface area contributed by atoms with Crippen LogP contribution < -0.4 is 25.4 Å². The Morgan fingerprint density at radius 1 is 0.795 bits per heavy atom. The maximum absolute atomic E-state index is 13.2. The zero-order valence-electron chi connectivity index (χ0n) is 22.3. The van der Waals surface area contributed by atoms with Crippen molar-refractivity contribution in [1.82, 2.24) is 16.0 Å². The summed E-state index contributed by atoms with van der Waals surface area (Å²) in [5, 5.41) is 26.6. The number of carboxylic acids is 2. The van der Waals surface area contributed by atoms with Crippen molar-refractivity contribution in [2.24, 2.45) is 0 Å². The summed E-state index contributed by atoms with van der Waals surface area (Å²) in [5.41, 5.74) is 1.51. The Morgan fingerprint density at radius 3 is 2.05 bits per heavy atom. The van der Waals surface area contributed by atoms with Crippen LogP contribution in [-0.4, -0.2) is 72.9 Å². The lowest BCUT2D eigenvalue weighted by Crippen LogP contribution is -2.53. The summed E-state index contributed by atoms with van der Waals surface area (Å²) in [6.45, 7) is 1.21. The van der Waals surface area contributed by atoms with Crippen molar-refractivity contribution in [2.75, 3.05) is 26.8 Å². The van der Waals surface area contributed by atoms with Crippen LogP contribution in [0.2, 0.25) is 0 Å². The molecule has 11 heteroatoms. The third-order valence-electron chi connectivity index (χ3n) is 5.81. The molecule has 2 unspecified atom stereocenters. The zero-order chi connectivity index (χ0) is 28.6.